The lowest BCUT2D eigenvalue weighted by Gasteiger charge is -2.07. The fraction of sp³-hybridized carbons (Fsp3) is 0. The lowest BCUT2D eigenvalue weighted by atomic mass is 10.2. The van der Waals surface area contributed by atoms with Gasteiger partial charge in [-0.1, -0.05) is 34.8 Å². The summed E-state index contributed by atoms with van der Waals surface area (Å²) in [5, 5.41) is 9.88. The highest BCUT2D eigenvalue weighted by atomic mass is 79.9. The van der Waals surface area contributed by atoms with Gasteiger partial charge in [0.25, 0.3) is 0 Å². The zero-order chi connectivity index (χ0) is 13.6. The average molecular weight is 374 g/mol. The van der Waals surface area contributed by atoms with E-state index in [4.69, 9.17) is 34.8 Å². The van der Waals surface area contributed by atoms with Crippen LogP contribution in [0.3, 0.4) is 0 Å². The second-order valence-corrected chi connectivity index (χ2v) is 5.20. The Labute approximate surface area is 123 Å². The molecular formula is C9HBrCl3FN2O2. The SMILES string of the molecule is O=[N+]([O-])c1c(Cl)nc2c(F)c(Cl)cc(Br)c2c1Cl. The van der Waals surface area contributed by atoms with Crippen LogP contribution < -0.4 is 0 Å². The van der Waals surface area contributed by atoms with E-state index in [1.807, 2.05) is 0 Å². The molecule has 0 bridgehead atoms. The van der Waals surface area contributed by atoms with E-state index in [0.29, 0.717) is 4.47 Å². The van der Waals surface area contributed by atoms with Crippen LogP contribution in [0.15, 0.2) is 10.5 Å². The van der Waals surface area contributed by atoms with Gasteiger partial charge < -0.3 is 0 Å². The number of rotatable bonds is 1. The Morgan fingerprint density at radius 2 is 2.00 bits per heavy atom. The molecule has 1 aromatic carbocycles. The first-order valence-electron chi connectivity index (χ1n) is 4.31. The molecule has 0 aliphatic rings. The first-order valence-corrected chi connectivity index (χ1v) is 6.24. The largest absolute Gasteiger partial charge is 0.325 e. The summed E-state index contributed by atoms with van der Waals surface area (Å²) in [7, 11) is 0. The molecule has 1 aromatic heterocycles. The van der Waals surface area contributed by atoms with Crippen LogP contribution in [0, 0.1) is 15.9 Å². The number of aromatic nitrogens is 1. The highest BCUT2D eigenvalue weighted by molar-refractivity contribution is 9.10. The maximum absolute atomic E-state index is 13.8. The summed E-state index contributed by atoms with van der Waals surface area (Å²) in [6.07, 6.45) is 0. The van der Waals surface area contributed by atoms with Gasteiger partial charge in [-0.05, 0) is 22.0 Å². The van der Waals surface area contributed by atoms with Crippen LogP contribution in [0.25, 0.3) is 10.9 Å². The van der Waals surface area contributed by atoms with Gasteiger partial charge in [0, 0.05) is 9.86 Å². The van der Waals surface area contributed by atoms with Crippen LogP contribution in [0.5, 0.6) is 0 Å². The van der Waals surface area contributed by atoms with E-state index >= 15 is 0 Å². The van der Waals surface area contributed by atoms with Crippen molar-refractivity contribution in [3.05, 3.63) is 41.7 Å². The second kappa shape index (κ2) is 4.77. The van der Waals surface area contributed by atoms with Gasteiger partial charge in [-0.25, -0.2) is 9.37 Å². The third-order valence-corrected chi connectivity index (χ3v) is 3.69. The molecule has 0 fully saturated rings. The van der Waals surface area contributed by atoms with Gasteiger partial charge in [0.1, 0.15) is 10.5 Å². The van der Waals surface area contributed by atoms with E-state index in [2.05, 4.69) is 20.9 Å². The third-order valence-electron chi connectivity index (χ3n) is 2.16. The van der Waals surface area contributed by atoms with Crippen LogP contribution in [0.1, 0.15) is 0 Å². The number of benzene rings is 1. The van der Waals surface area contributed by atoms with E-state index in [9.17, 15) is 14.5 Å². The summed E-state index contributed by atoms with van der Waals surface area (Å²) in [6.45, 7) is 0. The molecule has 1 heterocycles. The van der Waals surface area contributed by atoms with Crippen molar-refractivity contribution in [1.29, 1.82) is 0 Å². The molecular weight excluding hydrogens is 373 g/mol. The molecule has 4 nitrogen and oxygen atoms in total. The predicted molar refractivity (Wildman–Crippen MR) is 71.1 cm³/mol. The van der Waals surface area contributed by atoms with E-state index in [1.165, 1.54) is 6.07 Å². The molecule has 0 spiro atoms. The first kappa shape index (κ1) is 13.7. The van der Waals surface area contributed by atoms with Crippen molar-refractivity contribution < 1.29 is 9.31 Å². The Hall–Kier alpha value is -0.690. The quantitative estimate of drug-likeness (QED) is 0.305. The Bertz CT molecular complexity index is 696. The number of halogens is 5. The standard InChI is InChI=1S/C9HBrCl3FN2O2/c10-2-1-3(11)6(14)7-4(2)5(12)8(16(17)18)9(13)15-7/h1H. The van der Waals surface area contributed by atoms with Crippen LogP contribution in [0.2, 0.25) is 15.2 Å². The lowest BCUT2D eigenvalue weighted by molar-refractivity contribution is -0.384. The topological polar surface area (TPSA) is 56.0 Å². The zero-order valence-electron chi connectivity index (χ0n) is 8.18. The monoisotopic (exact) mass is 372 g/mol. The molecule has 2 rings (SSSR count). The molecule has 0 aliphatic carbocycles. The van der Waals surface area contributed by atoms with Gasteiger partial charge in [0.05, 0.1) is 9.95 Å². The van der Waals surface area contributed by atoms with Crippen molar-refractivity contribution in [2.75, 3.05) is 0 Å². The molecule has 0 saturated heterocycles. The van der Waals surface area contributed by atoms with Crippen LogP contribution in [0.4, 0.5) is 10.1 Å². The molecule has 0 aliphatic heterocycles. The smallest absolute Gasteiger partial charge is 0.258 e. The Balaban J connectivity index is 3.05. The Morgan fingerprint density at radius 1 is 1.39 bits per heavy atom. The summed E-state index contributed by atoms with van der Waals surface area (Å²) < 4.78 is 14.1. The van der Waals surface area contributed by atoms with E-state index < -0.39 is 21.6 Å². The molecule has 0 unspecified atom stereocenters. The highest BCUT2D eigenvalue weighted by Gasteiger charge is 2.26. The summed E-state index contributed by atoms with van der Waals surface area (Å²) in [6, 6.07) is 1.24. The van der Waals surface area contributed by atoms with Crippen molar-refractivity contribution in [2.24, 2.45) is 0 Å². The lowest BCUT2D eigenvalue weighted by Crippen LogP contribution is -1.97. The Kier molecular flexibility index (Phi) is 3.64. The highest BCUT2D eigenvalue weighted by Crippen LogP contribution is 2.42. The molecule has 9 heteroatoms. The maximum Gasteiger partial charge on any atom is 0.325 e. The van der Waals surface area contributed by atoms with Gasteiger partial charge in [0.2, 0.25) is 5.15 Å². The molecule has 18 heavy (non-hydrogen) atoms. The van der Waals surface area contributed by atoms with Crippen molar-refractivity contribution in [3.63, 3.8) is 0 Å². The van der Waals surface area contributed by atoms with E-state index in [-0.39, 0.29) is 20.9 Å². The normalized spacial score (nSPS) is 10.9. The summed E-state index contributed by atoms with van der Waals surface area (Å²) >= 11 is 20.2. The summed E-state index contributed by atoms with van der Waals surface area (Å²) in [5.41, 5.74) is -0.803. The molecule has 0 N–H and O–H groups in total. The van der Waals surface area contributed by atoms with Gasteiger partial charge in [0.15, 0.2) is 5.82 Å². The van der Waals surface area contributed by atoms with Crippen molar-refractivity contribution in [2.45, 2.75) is 0 Å². The van der Waals surface area contributed by atoms with E-state index in [0.717, 1.165) is 0 Å². The second-order valence-electron chi connectivity index (χ2n) is 3.20. The van der Waals surface area contributed by atoms with Gasteiger partial charge in [-0.3, -0.25) is 10.1 Å². The van der Waals surface area contributed by atoms with Crippen LogP contribution in [-0.2, 0) is 0 Å². The first-order chi connectivity index (χ1) is 8.34. The van der Waals surface area contributed by atoms with Crippen molar-refractivity contribution >= 4 is 67.3 Å². The molecule has 0 radical (unpaired) electrons. The molecule has 0 amide bonds. The summed E-state index contributed by atoms with van der Waals surface area (Å²) in [4.78, 5) is 13.7. The molecule has 94 valence electrons. The number of hydrogen-bond donors (Lipinski definition) is 0. The molecule has 2 aromatic rings. The molecule has 0 atom stereocenters. The van der Waals surface area contributed by atoms with Gasteiger partial charge in [-0.15, -0.1) is 0 Å². The number of hydrogen-bond acceptors (Lipinski definition) is 3. The van der Waals surface area contributed by atoms with Crippen LogP contribution >= 0.6 is 50.7 Å². The zero-order valence-corrected chi connectivity index (χ0v) is 12.0. The minimum atomic E-state index is -0.839. The number of nitro groups is 1. The van der Waals surface area contributed by atoms with E-state index in [1.54, 1.807) is 0 Å². The summed E-state index contributed by atoms with van der Waals surface area (Å²) in [5.74, 6) is -0.839. The van der Waals surface area contributed by atoms with Crippen molar-refractivity contribution in [1.82, 2.24) is 4.98 Å². The molecule has 0 saturated carbocycles. The third kappa shape index (κ3) is 2.03. The number of pyridine rings is 1. The Morgan fingerprint density at radius 3 is 2.56 bits per heavy atom. The fourth-order valence-corrected chi connectivity index (χ4v) is 3.12. The number of fused-ring (bicyclic) bond motifs is 1. The van der Waals surface area contributed by atoms with Crippen LogP contribution in [-0.4, -0.2) is 9.91 Å². The predicted octanol–water partition coefficient (Wildman–Crippen LogP) is 5.00. The average Bonchev–Trinajstić information content (AvgIpc) is 2.24. The van der Waals surface area contributed by atoms with Gasteiger partial charge >= 0.3 is 5.69 Å². The minimum Gasteiger partial charge on any atom is -0.258 e. The van der Waals surface area contributed by atoms with Crippen molar-refractivity contribution in [3.8, 4) is 0 Å². The fourth-order valence-electron chi connectivity index (χ4n) is 1.41. The number of nitrogens with zero attached hydrogens (tertiary/aromatic N) is 2. The minimum absolute atomic E-state index is 0.0506. The van der Waals surface area contributed by atoms with Gasteiger partial charge in [-0.2, -0.15) is 0 Å². The maximum atomic E-state index is 13.8.